The minimum Gasteiger partial charge on any atom is -0.321 e. The van der Waals surface area contributed by atoms with Crippen LogP contribution in [0.15, 0.2) is 59.1 Å². The molecule has 110 valence electrons. The fraction of sp³-hybridized carbons (Fsp3) is 0. The van der Waals surface area contributed by atoms with Crippen LogP contribution in [-0.4, -0.2) is 16.1 Å². The molecule has 0 saturated carbocycles. The van der Waals surface area contributed by atoms with Crippen molar-refractivity contribution < 1.29 is 4.79 Å². The maximum absolute atomic E-state index is 12.2. The van der Waals surface area contributed by atoms with Crippen molar-refractivity contribution >= 4 is 39.1 Å². The number of H-pyrrole nitrogens is 1. The molecule has 3 aromatic rings. The molecular weight excluding hydrogens is 366 g/mol. The summed E-state index contributed by atoms with van der Waals surface area (Å²) in [6, 6.07) is 16.4. The molecule has 0 aliphatic heterocycles. The van der Waals surface area contributed by atoms with Crippen molar-refractivity contribution in [3.8, 4) is 11.3 Å². The van der Waals surface area contributed by atoms with E-state index in [1.807, 2.05) is 36.4 Å². The van der Waals surface area contributed by atoms with E-state index >= 15 is 0 Å². The number of carbonyl (C=O) groups is 1. The van der Waals surface area contributed by atoms with Gasteiger partial charge in [0.1, 0.15) is 5.69 Å². The molecule has 0 aliphatic carbocycles. The third kappa shape index (κ3) is 3.37. The van der Waals surface area contributed by atoms with E-state index < -0.39 is 0 Å². The number of benzene rings is 2. The van der Waals surface area contributed by atoms with Gasteiger partial charge in [0.25, 0.3) is 5.91 Å². The summed E-state index contributed by atoms with van der Waals surface area (Å²) < 4.78 is 0.898. The molecule has 0 aliphatic rings. The van der Waals surface area contributed by atoms with Crippen LogP contribution in [0.5, 0.6) is 0 Å². The van der Waals surface area contributed by atoms with E-state index in [-0.39, 0.29) is 5.91 Å². The molecule has 0 saturated heterocycles. The average Bonchev–Trinajstić information content (AvgIpc) is 2.97. The van der Waals surface area contributed by atoms with Crippen molar-refractivity contribution in [1.29, 1.82) is 0 Å². The number of hydrogen-bond acceptors (Lipinski definition) is 2. The van der Waals surface area contributed by atoms with Gasteiger partial charge >= 0.3 is 0 Å². The van der Waals surface area contributed by atoms with Crippen molar-refractivity contribution in [2.75, 3.05) is 5.32 Å². The Labute approximate surface area is 140 Å². The zero-order valence-corrected chi connectivity index (χ0v) is 13.6. The molecule has 3 rings (SSSR count). The number of anilines is 1. The fourth-order valence-electron chi connectivity index (χ4n) is 2.00. The number of halogens is 2. The van der Waals surface area contributed by atoms with E-state index in [4.69, 9.17) is 11.6 Å². The monoisotopic (exact) mass is 375 g/mol. The molecule has 6 heteroatoms. The normalized spacial score (nSPS) is 10.5. The smallest absolute Gasteiger partial charge is 0.273 e. The first-order valence-electron chi connectivity index (χ1n) is 6.50. The average molecular weight is 377 g/mol. The third-order valence-corrected chi connectivity index (χ3v) is 3.75. The molecule has 0 atom stereocenters. The fourth-order valence-corrected chi connectivity index (χ4v) is 2.59. The number of aromatic nitrogens is 2. The first-order valence-corrected chi connectivity index (χ1v) is 7.67. The first kappa shape index (κ1) is 14.8. The summed E-state index contributed by atoms with van der Waals surface area (Å²) in [5, 5.41) is 10.3. The molecule has 4 nitrogen and oxygen atoms in total. The van der Waals surface area contributed by atoms with Crippen LogP contribution < -0.4 is 5.32 Å². The Morgan fingerprint density at radius 2 is 1.95 bits per heavy atom. The number of hydrogen-bond donors (Lipinski definition) is 2. The van der Waals surface area contributed by atoms with Gasteiger partial charge < -0.3 is 5.32 Å². The van der Waals surface area contributed by atoms with Crippen molar-refractivity contribution in [2.24, 2.45) is 0 Å². The molecule has 0 fully saturated rings. The van der Waals surface area contributed by atoms with Crippen LogP contribution in [0.4, 0.5) is 5.69 Å². The second kappa shape index (κ2) is 6.34. The van der Waals surface area contributed by atoms with Crippen molar-refractivity contribution in [3.05, 3.63) is 69.8 Å². The predicted molar refractivity (Wildman–Crippen MR) is 91.1 cm³/mol. The quantitative estimate of drug-likeness (QED) is 0.693. The van der Waals surface area contributed by atoms with Crippen molar-refractivity contribution in [2.45, 2.75) is 0 Å². The van der Waals surface area contributed by atoms with Gasteiger partial charge in [0.05, 0.1) is 5.69 Å². The standard InChI is InChI=1S/C16H11BrClN3O/c17-11-4-2-6-13(8-11)19-16(22)15-9-14(20-21-15)10-3-1-5-12(18)7-10/h1-9H,(H,19,22)(H,20,21). The molecule has 1 amide bonds. The molecule has 0 spiro atoms. The number of nitrogens with one attached hydrogen (secondary N) is 2. The minimum absolute atomic E-state index is 0.251. The van der Waals surface area contributed by atoms with E-state index in [0.29, 0.717) is 22.1 Å². The highest BCUT2D eigenvalue weighted by atomic mass is 79.9. The minimum atomic E-state index is -0.251. The van der Waals surface area contributed by atoms with Crippen LogP contribution in [0.3, 0.4) is 0 Å². The predicted octanol–water partition coefficient (Wildman–Crippen LogP) is 4.74. The summed E-state index contributed by atoms with van der Waals surface area (Å²) in [5.41, 5.74) is 2.61. The topological polar surface area (TPSA) is 57.8 Å². The number of nitrogens with zero attached hydrogens (tertiary/aromatic N) is 1. The van der Waals surface area contributed by atoms with Gasteiger partial charge in [0.15, 0.2) is 0 Å². The second-order valence-electron chi connectivity index (χ2n) is 4.64. The van der Waals surface area contributed by atoms with E-state index in [1.54, 1.807) is 18.2 Å². The lowest BCUT2D eigenvalue weighted by Gasteiger charge is -2.03. The molecule has 1 aromatic heterocycles. The Bertz CT molecular complexity index is 832. The Balaban J connectivity index is 1.80. The highest BCUT2D eigenvalue weighted by Crippen LogP contribution is 2.22. The zero-order chi connectivity index (χ0) is 15.5. The lowest BCUT2D eigenvalue weighted by molar-refractivity contribution is 0.102. The van der Waals surface area contributed by atoms with Crippen molar-refractivity contribution in [3.63, 3.8) is 0 Å². The SMILES string of the molecule is O=C(Nc1cccc(Br)c1)c1cc(-c2cccc(Cl)c2)n[nH]1. The molecule has 0 unspecified atom stereocenters. The Hall–Kier alpha value is -2.11. The largest absolute Gasteiger partial charge is 0.321 e. The summed E-state index contributed by atoms with van der Waals surface area (Å²) in [6.07, 6.45) is 0. The van der Waals surface area contributed by atoms with Crippen LogP contribution in [0.2, 0.25) is 5.02 Å². The van der Waals surface area contributed by atoms with E-state index in [2.05, 4.69) is 31.4 Å². The van der Waals surface area contributed by atoms with Crippen LogP contribution in [0, 0.1) is 0 Å². The summed E-state index contributed by atoms with van der Waals surface area (Å²) in [5.74, 6) is -0.251. The van der Waals surface area contributed by atoms with Crippen LogP contribution in [0.1, 0.15) is 10.5 Å². The third-order valence-electron chi connectivity index (χ3n) is 3.03. The van der Waals surface area contributed by atoms with Gasteiger partial charge in [-0.3, -0.25) is 9.89 Å². The van der Waals surface area contributed by atoms with Gasteiger partial charge in [-0.2, -0.15) is 5.10 Å². The van der Waals surface area contributed by atoms with E-state index in [9.17, 15) is 4.79 Å². The maximum atomic E-state index is 12.2. The molecule has 1 heterocycles. The lowest BCUT2D eigenvalue weighted by Crippen LogP contribution is -2.12. The van der Waals surface area contributed by atoms with Crippen LogP contribution >= 0.6 is 27.5 Å². The first-order chi connectivity index (χ1) is 10.6. The number of amides is 1. The Morgan fingerprint density at radius 3 is 2.73 bits per heavy atom. The zero-order valence-electron chi connectivity index (χ0n) is 11.3. The lowest BCUT2D eigenvalue weighted by atomic mass is 10.1. The Morgan fingerprint density at radius 1 is 1.14 bits per heavy atom. The molecular formula is C16H11BrClN3O. The molecule has 22 heavy (non-hydrogen) atoms. The summed E-state index contributed by atoms with van der Waals surface area (Å²) >= 11 is 9.33. The van der Waals surface area contributed by atoms with Gasteiger partial charge in [-0.15, -0.1) is 0 Å². The molecule has 0 radical (unpaired) electrons. The van der Waals surface area contributed by atoms with Gasteiger partial charge in [0, 0.05) is 20.7 Å². The summed E-state index contributed by atoms with van der Waals surface area (Å²) in [7, 11) is 0. The van der Waals surface area contributed by atoms with Gasteiger partial charge in [-0.05, 0) is 36.4 Å². The van der Waals surface area contributed by atoms with Gasteiger partial charge in [0.2, 0.25) is 0 Å². The van der Waals surface area contributed by atoms with Crippen LogP contribution in [0.25, 0.3) is 11.3 Å². The van der Waals surface area contributed by atoms with Gasteiger partial charge in [-0.1, -0.05) is 45.7 Å². The van der Waals surface area contributed by atoms with Crippen molar-refractivity contribution in [1.82, 2.24) is 10.2 Å². The maximum Gasteiger partial charge on any atom is 0.273 e. The molecule has 0 bridgehead atoms. The van der Waals surface area contributed by atoms with E-state index in [0.717, 1.165) is 10.0 Å². The number of aromatic amines is 1. The second-order valence-corrected chi connectivity index (χ2v) is 5.99. The summed E-state index contributed by atoms with van der Waals surface area (Å²) in [4.78, 5) is 12.2. The number of rotatable bonds is 3. The van der Waals surface area contributed by atoms with E-state index in [1.165, 1.54) is 0 Å². The Kier molecular flexibility index (Phi) is 4.27. The highest BCUT2D eigenvalue weighted by molar-refractivity contribution is 9.10. The van der Waals surface area contributed by atoms with Gasteiger partial charge in [-0.25, -0.2) is 0 Å². The summed E-state index contributed by atoms with van der Waals surface area (Å²) in [6.45, 7) is 0. The number of carbonyl (C=O) groups excluding carboxylic acids is 1. The highest BCUT2D eigenvalue weighted by Gasteiger charge is 2.11. The van der Waals surface area contributed by atoms with Crippen LogP contribution in [-0.2, 0) is 0 Å². The molecule has 2 N–H and O–H groups in total. The molecule has 2 aromatic carbocycles.